The van der Waals surface area contributed by atoms with Crippen LogP contribution in [-0.4, -0.2) is 51.5 Å². The topological polar surface area (TPSA) is 71.2 Å². The molecule has 128 valence electrons. The number of nitrogens with zero attached hydrogens (tertiary/aromatic N) is 6. The Morgan fingerprint density at radius 1 is 0.920 bits per heavy atom. The van der Waals surface area contributed by atoms with Gasteiger partial charge < -0.3 is 9.32 Å². The highest BCUT2D eigenvalue weighted by molar-refractivity contribution is 6.30. The molecule has 1 aliphatic heterocycles. The van der Waals surface area contributed by atoms with Crippen LogP contribution < -0.4 is 4.90 Å². The SMILES string of the molecule is Clc1ccc(-c2ccc(N3CCN(Cc4nnco4)CC3)nn2)cc1. The van der Waals surface area contributed by atoms with E-state index in [2.05, 4.69) is 30.2 Å². The molecule has 0 atom stereocenters. The van der Waals surface area contributed by atoms with Crippen LogP contribution in [0.2, 0.25) is 5.02 Å². The molecule has 1 aliphatic rings. The molecule has 0 spiro atoms. The van der Waals surface area contributed by atoms with Gasteiger partial charge in [0, 0.05) is 36.8 Å². The predicted molar refractivity (Wildman–Crippen MR) is 94.3 cm³/mol. The van der Waals surface area contributed by atoms with Gasteiger partial charge in [-0.2, -0.15) is 0 Å². The molecule has 4 rings (SSSR count). The first-order valence-electron chi connectivity index (χ1n) is 8.10. The second-order valence-corrected chi connectivity index (χ2v) is 6.32. The molecule has 1 fully saturated rings. The van der Waals surface area contributed by atoms with Crippen molar-refractivity contribution >= 4 is 17.4 Å². The lowest BCUT2D eigenvalue weighted by Gasteiger charge is -2.34. The Kier molecular flexibility index (Phi) is 4.58. The molecule has 2 aromatic heterocycles. The monoisotopic (exact) mass is 356 g/mol. The number of benzene rings is 1. The predicted octanol–water partition coefficient (Wildman–Crippen LogP) is 2.50. The Morgan fingerprint density at radius 2 is 1.72 bits per heavy atom. The summed E-state index contributed by atoms with van der Waals surface area (Å²) in [6, 6.07) is 11.6. The van der Waals surface area contributed by atoms with Crippen molar-refractivity contribution in [2.45, 2.75) is 6.54 Å². The first-order valence-corrected chi connectivity index (χ1v) is 8.48. The maximum absolute atomic E-state index is 5.92. The van der Waals surface area contributed by atoms with Crippen LogP contribution in [0.5, 0.6) is 0 Å². The number of piperazine rings is 1. The number of hydrogen-bond acceptors (Lipinski definition) is 7. The lowest BCUT2D eigenvalue weighted by Crippen LogP contribution is -2.46. The molecule has 7 nitrogen and oxygen atoms in total. The van der Waals surface area contributed by atoms with Gasteiger partial charge in [0.15, 0.2) is 5.82 Å². The van der Waals surface area contributed by atoms with Gasteiger partial charge in [0.05, 0.1) is 12.2 Å². The van der Waals surface area contributed by atoms with Crippen molar-refractivity contribution in [3.8, 4) is 11.3 Å². The fraction of sp³-hybridized carbons (Fsp3) is 0.294. The molecule has 0 unspecified atom stereocenters. The zero-order chi connectivity index (χ0) is 17.1. The molecule has 3 aromatic rings. The average Bonchev–Trinajstić information content (AvgIpc) is 3.16. The molecule has 0 amide bonds. The summed E-state index contributed by atoms with van der Waals surface area (Å²) in [6.45, 7) is 4.31. The zero-order valence-corrected chi connectivity index (χ0v) is 14.3. The summed E-state index contributed by atoms with van der Waals surface area (Å²) < 4.78 is 5.20. The van der Waals surface area contributed by atoms with Gasteiger partial charge in [0.25, 0.3) is 0 Å². The normalized spacial score (nSPS) is 15.5. The van der Waals surface area contributed by atoms with Gasteiger partial charge >= 0.3 is 0 Å². The largest absolute Gasteiger partial charge is 0.427 e. The highest BCUT2D eigenvalue weighted by atomic mass is 35.5. The van der Waals surface area contributed by atoms with Gasteiger partial charge in [-0.1, -0.05) is 23.7 Å². The van der Waals surface area contributed by atoms with Crippen LogP contribution in [0.3, 0.4) is 0 Å². The van der Waals surface area contributed by atoms with E-state index in [9.17, 15) is 0 Å². The van der Waals surface area contributed by atoms with Crippen molar-refractivity contribution in [1.29, 1.82) is 0 Å². The van der Waals surface area contributed by atoms with Crippen LogP contribution >= 0.6 is 11.6 Å². The summed E-state index contributed by atoms with van der Waals surface area (Å²) in [5.74, 6) is 1.55. The van der Waals surface area contributed by atoms with Crippen LogP contribution in [0.1, 0.15) is 5.89 Å². The van der Waals surface area contributed by atoms with Gasteiger partial charge in [-0.3, -0.25) is 4.90 Å². The summed E-state index contributed by atoms with van der Waals surface area (Å²) >= 11 is 5.92. The van der Waals surface area contributed by atoms with Crippen LogP contribution in [0.15, 0.2) is 47.2 Å². The van der Waals surface area contributed by atoms with Gasteiger partial charge in [0.2, 0.25) is 12.3 Å². The summed E-state index contributed by atoms with van der Waals surface area (Å²) in [6.07, 6.45) is 1.36. The summed E-state index contributed by atoms with van der Waals surface area (Å²) in [5.41, 5.74) is 1.85. The number of halogens is 1. The Labute approximate surface area is 150 Å². The quantitative estimate of drug-likeness (QED) is 0.711. The molecule has 8 heteroatoms. The van der Waals surface area contributed by atoms with Crippen LogP contribution in [0.25, 0.3) is 11.3 Å². The molecule has 0 saturated carbocycles. The van der Waals surface area contributed by atoms with E-state index in [1.54, 1.807) is 0 Å². The smallest absolute Gasteiger partial charge is 0.230 e. The highest BCUT2D eigenvalue weighted by Crippen LogP contribution is 2.21. The molecular weight excluding hydrogens is 340 g/mol. The maximum Gasteiger partial charge on any atom is 0.230 e. The van der Waals surface area contributed by atoms with Crippen molar-refractivity contribution in [2.24, 2.45) is 0 Å². The minimum atomic E-state index is 0.653. The van der Waals surface area contributed by atoms with E-state index in [-0.39, 0.29) is 0 Å². The molecule has 3 heterocycles. The first-order chi connectivity index (χ1) is 12.3. The van der Waals surface area contributed by atoms with Gasteiger partial charge in [0.1, 0.15) is 0 Å². The molecule has 0 aliphatic carbocycles. The standard InChI is InChI=1S/C17H17ClN6O/c18-14-3-1-13(2-4-14)15-5-6-16(21-20-15)24-9-7-23(8-10-24)11-17-22-19-12-25-17/h1-6,12H,7-11H2. The lowest BCUT2D eigenvalue weighted by molar-refractivity contribution is 0.225. The van der Waals surface area contributed by atoms with E-state index >= 15 is 0 Å². The fourth-order valence-electron chi connectivity index (χ4n) is 2.86. The Balaban J connectivity index is 1.37. The molecule has 0 radical (unpaired) electrons. The summed E-state index contributed by atoms with van der Waals surface area (Å²) in [4.78, 5) is 4.53. The Morgan fingerprint density at radius 3 is 2.36 bits per heavy atom. The molecule has 1 saturated heterocycles. The van der Waals surface area contributed by atoms with Gasteiger partial charge in [-0.15, -0.1) is 20.4 Å². The van der Waals surface area contributed by atoms with E-state index in [0.29, 0.717) is 17.5 Å². The molecule has 0 bridgehead atoms. The molecular formula is C17H17ClN6O. The van der Waals surface area contributed by atoms with E-state index in [1.165, 1.54) is 6.39 Å². The van der Waals surface area contributed by atoms with Crippen molar-refractivity contribution in [1.82, 2.24) is 25.3 Å². The number of anilines is 1. The van der Waals surface area contributed by atoms with E-state index in [4.69, 9.17) is 16.0 Å². The van der Waals surface area contributed by atoms with Crippen molar-refractivity contribution in [2.75, 3.05) is 31.1 Å². The molecule has 0 N–H and O–H groups in total. The molecule has 1 aromatic carbocycles. The second kappa shape index (κ2) is 7.16. The van der Waals surface area contributed by atoms with E-state index < -0.39 is 0 Å². The minimum absolute atomic E-state index is 0.653. The molecule has 25 heavy (non-hydrogen) atoms. The minimum Gasteiger partial charge on any atom is -0.427 e. The number of rotatable bonds is 4. The maximum atomic E-state index is 5.92. The highest BCUT2D eigenvalue weighted by Gasteiger charge is 2.19. The third kappa shape index (κ3) is 3.78. The number of aromatic nitrogens is 4. The van der Waals surface area contributed by atoms with Crippen LogP contribution in [-0.2, 0) is 6.54 Å². The van der Waals surface area contributed by atoms with Crippen molar-refractivity contribution in [3.63, 3.8) is 0 Å². The fourth-order valence-corrected chi connectivity index (χ4v) is 2.99. The lowest BCUT2D eigenvalue weighted by atomic mass is 10.1. The number of hydrogen-bond donors (Lipinski definition) is 0. The Bertz CT molecular complexity index is 798. The average molecular weight is 357 g/mol. The summed E-state index contributed by atoms with van der Waals surface area (Å²) in [5, 5.41) is 17.1. The van der Waals surface area contributed by atoms with Crippen LogP contribution in [0.4, 0.5) is 5.82 Å². The second-order valence-electron chi connectivity index (χ2n) is 5.88. The Hall–Kier alpha value is -2.51. The van der Waals surface area contributed by atoms with E-state index in [0.717, 1.165) is 43.3 Å². The van der Waals surface area contributed by atoms with Gasteiger partial charge in [-0.05, 0) is 24.3 Å². The zero-order valence-electron chi connectivity index (χ0n) is 13.5. The summed E-state index contributed by atoms with van der Waals surface area (Å²) in [7, 11) is 0. The van der Waals surface area contributed by atoms with Crippen LogP contribution in [0, 0.1) is 0 Å². The van der Waals surface area contributed by atoms with E-state index in [1.807, 2.05) is 36.4 Å². The first kappa shape index (κ1) is 16.0. The van der Waals surface area contributed by atoms with Crippen molar-refractivity contribution in [3.05, 3.63) is 53.7 Å². The third-order valence-corrected chi connectivity index (χ3v) is 4.50. The van der Waals surface area contributed by atoms with Gasteiger partial charge in [-0.25, -0.2) is 0 Å². The van der Waals surface area contributed by atoms with Crippen molar-refractivity contribution < 1.29 is 4.42 Å². The third-order valence-electron chi connectivity index (χ3n) is 4.25.